The van der Waals surface area contributed by atoms with Gasteiger partial charge in [0.25, 0.3) is 10.0 Å². The molecule has 5 rings (SSSR count). The van der Waals surface area contributed by atoms with Crippen molar-refractivity contribution in [3.63, 3.8) is 0 Å². The van der Waals surface area contributed by atoms with E-state index in [0.29, 0.717) is 0 Å². The molecule has 0 bridgehead atoms. The van der Waals surface area contributed by atoms with E-state index < -0.39 is 34.3 Å². The van der Waals surface area contributed by atoms with Crippen molar-refractivity contribution in [2.45, 2.75) is 69.0 Å². The van der Waals surface area contributed by atoms with E-state index in [2.05, 4.69) is 21.2 Å². The number of anilines is 1. The zero-order valence-corrected chi connectivity index (χ0v) is 28.7. The quantitative estimate of drug-likeness (QED) is 0.168. The van der Waals surface area contributed by atoms with Crippen molar-refractivity contribution in [3.05, 3.63) is 130 Å². The fraction of sp³-hybridized carbons (Fsp3) is 0.297. The molecule has 1 saturated carbocycles. The van der Waals surface area contributed by atoms with Gasteiger partial charge in [-0.3, -0.25) is 13.9 Å². The van der Waals surface area contributed by atoms with Crippen LogP contribution < -0.4 is 9.62 Å². The topological polar surface area (TPSA) is 86.8 Å². The first-order valence-electron chi connectivity index (χ1n) is 15.8. The van der Waals surface area contributed by atoms with Crippen molar-refractivity contribution >= 4 is 43.5 Å². The Kier molecular flexibility index (Phi) is 11.5. The van der Waals surface area contributed by atoms with Crippen LogP contribution in [-0.2, 0) is 32.6 Å². The minimum atomic E-state index is -4.26. The second-order valence-corrected chi connectivity index (χ2v) is 14.8. The van der Waals surface area contributed by atoms with Gasteiger partial charge < -0.3 is 10.2 Å². The van der Waals surface area contributed by atoms with Crippen LogP contribution in [-0.4, -0.2) is 43.8 Å². The highest BCUT2D eigenvalue weighted by Crippen LogP contribution is 2.26. The van der Waals surface area contributed by atoms with E-state index in [1.165, 1.54) is 29.2 Å². The van der Waals surface area contributed by atoms with Crippen molar-refractivity contribution < 1.29 is 22.4 Å². The number of amides is 2. The summed E-state index contributed by atoms with van der Waals surface area (Å²) in [5, 5.41) is 3.21. The molecule has 246 valence electrons. The van der Waals surface area contributed by atoms with E-state index in [4.69, 9.17) is 0 Å². The molecule has 0 spiro atoms. The van der Waals surface area contributed by atoms with E-state index >= 15 is 0 Å². The molecule has 1 aliphatic carbocycles. The Hall–Kier alpha value is -4.02. The van der Waals surface area contributed by atoms with Gasteiger partial charge in [0.2, 0.25) is 11.8 Å². The summed E-state index contributed by atoms with van der Waals surface area (Å²) in [7, 11) is -4.26. The highest BCUT2D eigenvalue weighted by molar-refractivity contribution is 9.10. The SMILES string of the molecule is Cc1ccc(S(=O)(=O)N(CC(=O)N(Cc2ccc(Br)cc2)[C@@H](Cc2ccccc2)C(=O)NC2CCCCC2)c2ccc(F)cc2)cc1. The summed E-state index contributed by atoms with van der Waals surface area (Å²) in [6.45, 7) is 1.33. The maximum Gasteiger partial charge on any atom is 0.264 e. The van der Waals surface area contributed by atoms with Crippen LogP contribution in [0.5, 0.6) is 0 Å². The average molecular weight is 721 g/mol. The van der Waals surface area contributed by atoms with Gasteiger partial charge >= 0.3 is 0 Å². The fourth-order valence-corrected chi connectivity index (χ4v) is 7.54. The number of halogens is 2. The van der Waals surface area contributed by atoms with Crippen LogP contribution in [0.25, 0.3) is 0 Å². The number of aryl methyl sites for hydroxylation is 1. The van der Waals surface area contributed by atoms with Crippen molar-refractivity contribution in [3.8, 4) is 0 Å². The molecule has 0 aromatic heterocycles. The Morgan fingerprint density at radius 3 is 2.13 bits per heavy atom. The van der Waals surface area contributed by atoms with E-state index in [1.807, 2.05) is 61.5 Å². The summed E-state index contributed by atoms with van der Waals surface area (Å²) in [5.74, 6) is -1.37. The molecule has 47 heavy (non-hydrogen) atoms. The lowest BCUT2D eigenvalue weighted by atomic mass is 9.94. The Labute approximate surface area is 285 Å². The van der Waals surface area contributed by atoms with Gasteiger partial charge in [-0.15, -0.1) is 0 Å². The van der Waals surface area contributed by atoms with Crippen LogP contribution in [0.1, 0.15) is 48.8 Å². The molecule has 1 atom stereocenters. The number of rotatable bonds is 12. The maximum atomic E-state index is 14.6. The highest BCUT2D eigenvalue weighted by atomic mass is 79.9. The van der Waals surface area contributed by atoms with Crippen LogP contribution in [0.15, 0.2) is 112 Å². The second-order valence-electron chi connectivity index (χ2n) is 12.0. The third-order valence-electron chi connectivity index (χ3n) is 8.49. The molecular weight excluding hydrogens is 681 g/mol. The molecular formula is C37H39BrFN3O4S. The summed E-state index contributed by atoms with van der Waals surface area (Å²) in [4.78, 5) is 30.2. The molecule has 1 fully saturated rings. The number of sulfonamides is 1. The normalized spacial score (nSPS) is 14.3. The van der Waals surface area contributed by atoms with Crippen molar-refractivity contribution in [2.75, 3.05) is 10.8 Å². The van der Waals surface area contributed by atoms with Gasteiger partial charge in [0.1, 0.15) is 18.4 Å². The van der Waals surface area contributed by atoms with Crippen LogP contribution >= 0.6 is 15.9 Å². The third-order valence-corrected chi connectivity index (χ3v) is 10.8. The monoisotopic (exact) mass is 719 g/mol. The predicted octanol–water partition coefficient (Wildman–Crippen LogP) is 7.18. The smallest absolute Gasteiger partial charge is 0.264 e. The van der Waals surface area contributed by atoms with Crippen LogP contribution in [0.3, 0.4) is 0 Å². The number of carbonyl (C=O) groups excluding carboxylic acids is 2. The Morgan fingerprint density at radius 1 is 0.851 bits per heavy atom. The van der Waals surface area contributed by atoms with Crippen molar-refractivity contribution in [1.29, 1.82) is 0 Å². The lowest BCUT2D eigenvalue weighted by Crippen LogP contribution is -2.55. The molecule has 0 heterocycles. The van der Waals surface area contributed by atoms with Crippen molar-refractivity contribution in [2.24, 2.45) is 0 Å². The van der Waals surface area contributed by atoms with Gasteiger partial charge in [0.15, 0.2) is 0 Å². The van der Waals surface area contributed by atoms with Gasteiger partial charge in [-0.2, -0.15) is 0 Å². The van der Waals surface area contributed by atoms with Gasteiger partial charge in [0, 0.05) is 23.5 Å². The van der Waals surface area contributed by atoms with Crippen molar-refractivity contribution in [1.82, 2.24) is 10.2 Å². The zero-order chi connectivity index (χ0) is 33.4. The first kappa shape index (κ1) is 34.3. The van der Waals surface area contributed by atoms with E-state index in [0.717, 1.165) is 69.7 Å². The van der Waals surface area contributed by atoms with Crippen LogP contribution in [0.4, 0.5) is 10.1 Å². The first-order chi connectivity index (χ1) is 22.6. The Balaban J connectivity index is 1.55. The lowest BCUT2D eigenvalue weighted by Gasteiger charge is -2.35. The molecule has 7 nitrogen and oxygen atoms in total. The Morgan fingerprint density at radius 2 is 1.49 bits per heavy atom. The van der Waals surface area contributed by atoms with E-state index in [-0.39, 0.29) is 35.5 Å². The van der Waals surface area contributed by atoms with Gasteiger partial charge in [-0.25, -0.2) is 12.8 Å². The number of benzene rings is 4. The third kappa shape index (κ3) is 9.08. The lowest BCUT2D eigenvalue weighted by molar-refractivity contribution is -0.140. The fourth-order valence-electron chi connectivity index (χ4n) is 5.86. The number of nitrogens with zero attached hydrogens (tertiary/aromatic N) is 2. The minimum absolute atomic E-state index is 0.00411. The number of hydrogen-bond donors (Lipinski definition) is 1. The minimum Gasteiger partial charge on any atom is -0.352 e. The molecule has 0 aliphatic heterocycles. The predicted molar refractivity (Wildman–Crippen MR) is 186 cm³/mol. The van der Waals surface area contributed by atoms with Gasteiger partial charge in [-0.1, -0.05) is 95.4 Å². The molecule has 0 unspecified atom stereocenters. The summed E-state index contributed by atoms with van der Waals surface area (Å²) >= 11 is 3.46. The maximum absolute atomic E-state index is 14.6. The summed E-state index contributed by atoms with van der Waals surface area (Å²) in [6.07, 6.45) is 5.17. The highest BCUT2D eigenvalue weighted by Gasteiger charge is 2.35. The number of hydrogen-bond acceptors (Lipinski definition) is 4. The molecule has 1 aliphatic rings. The summed E-state index contributed by atoms with van der Waals surface area (Å²) < 4.78 is 44.1. The second kappa shape index (κ2) is 15.7. The largest absolute Gasteiger partial charge is 0.352 e. The molecule has 1 N–H and O–H groups in total. The number of nitrogens with one attached hydrogen (secondary N) is 1. The van der Waals surface area contributed by atoms with Gasteiger partial charge in [0.05, 0.1) is 10.6 Å². The Bertz CT molecular complexity index is 1750. The molecule has 0 saturated heterocycles. The first-order valence-corrected chi connectivity index (χ1v) is 18.1. The summed E-state index contributed by atoms with van der Waals surface area (Å²) in [5.41, 5.74) is 2.66. The zero-order valence-electron chi connectivity index (χ0n) is 26.3. The number of carbonyl (C=O) groups is 2. The van der Waals surface area contributed by atoms with E-state index in [1.54, 1.807) is 12.1 Å². The molecule has 4 aromatic rings. The standard InChI is InChI=1S/C37H39BrFN3O4S/c1-27-12-22-34(23-13-27)47(45,46)42(33-20-18-31(39)19-21-33)26-36(43)41(25-29-14-16-30(38)17-15-29)35(24-28-8-4-2-5-9-28)37(44)40-32-10-6-3-7-11-32/h2,4-5,8-9,12-23,32,35H,3,6-7,10-11,24-26H2,1H3,(H,40,44)/t35-/m0/s1. The average Bonchev–Trinajstić information content (AvgIpc) is 3.07. The van der Waals surface area contributed by atoms with Crippen LogP contribution in [0.2, 0.25) is 0 Å². The summed E-state index contributed by atoms with van der Waals surface area (Å²) in [6, 6.07) is 27.4. The van der Waals surface area contributed by atoms with Gasteiger partial charge in [-0.05, 0) is 79.4 Å². The van der Waals surface area contributed by atoms with E-state index in [9.17, 15) is 22.4 Å². The molecule has 2 amide bonds. The molecule has 10 heteroatoms. The molecule has 0 radical (unpaired) electrons. The van der Waals surface area contributed by atoms with Crippen LogP contribution in [0, 0.1) is 12.7 Å². The molecule has 4 aromatic carbocycles.